The maximum atomic E-state index is 11.4. The topological polar surface area (TPSA) is 53.4 Å². The van der Waals surface area contributed by atoms with Crippen molar-refractivity contribution in [1.82, 2.24) is 9.78 Å². The van der Waals surface area contributed by atoms with Crippen LogP contribution < -0.4 is 4.74 Å². The SMILES string of the molecule is CCOc1ccc(-n2nc(C(=O)OC)cc2C)cc1. The van der Waals surface area contributed by atoms with Gasteiger partial charge in [-0.1, -0.05) is 0 Å². The van der Waals surface area contributed by atoms with Gasteiger partial charge in [0, 0.05) is 5.69 Å². The highest BCUT2D eigenvalue weighted by atomic mass is 16.5. The van der Waals surface area contributed by atoms with Crippen molar-refractivity contribution in [2.45, 2.75) is 13.8 Å². The first-order valence-corrected chi connectivity index (χ1v) is 6.04. The molecule has 1 heterocycles. The summed E-state index contributed by atoms with van der Waals surface area (Å²) in [6.07, 6.45) is 0. The minimum atomic E-state index is -0.437. The fourth-order valence-electron chi connectivity index (χ4n) is 1.79. The number of nitrogens with zero attached hydrogens (tertiary/aromatic N) is 2. The third-order valence-corrected chi connectivity index (χ3v) is 2.67. The first-order chi connectivity index (χ1) is 9.15. The Morgan fingerprint density at radius 2 is 2.00 bits per heavy atom. The number of carbonyl (C=O) groups is 1. The van der Waals surface area contributed by atoms with Gasteiger partial charge in [-0.3, -0.25) is 0 Å². The van der Waals surface area contributed by atoms with Gasteiger partial charge in [-0.05, 0) is 44.2 Å². The minimum Gasteiger partial charge on any atom is -0.494 e. The zero-order chi connectivity index (χ0) is 13.8. The zero-order valence-corrected chi connectivity index (χ0v) is 11.2. The van der Waals surface area contributed by atoms with Gasteiger partial charge in [0.15, 0.2) is 5.69 Å². The maximum Gasteiger partial charge on any atom is 0.358 e. The molecule has 2 rings (SSSR count). The van der Waals surface area contributed by atoms with E-state index in [1.165, 1.54) is 7.11 Å². The molecule has 0 fully saturated rings. The number of aryl methyl sites for hydroxylation is 1. The van der Waals surface area contributed by atoms with E-state index in [4.69, 9.17) is 4.74 Å². The maximum absolute atomic E-state index is 11.4. The normalized spacial score (nSPS) is 10.3. The average molecular weight is 260 g/mol. The highest BCUT2D eigenvalue weighted by Gasteiger charge is 2.13. The van der Waals surface area contributed by atoms with E-state index in [1.54, 1.807) is 10.7 Å². The second kappa shape index (κ2) is 5.56. The van der Waals surface area contributed by atoms with Crippen LogP contribution in [0.15, 0.2) is 30.3 Å². The predicted octanol–water partition coefficient (Wildman–Crippen LogP) is 2.37. The molecule has 5 nitrogen and oxygen atoms in total. The first kappa shape index (κ1) is 13.1. The Hall–Kier alpha value is -2.30. The molecule has 1 aromatic heterocycles. The minimum absolute atomic E-state index is 0.300. The van der Waals surface area contributed by atoms with Crippen LogP contribution in [0.2, 0.25) is 0 Å². The molecule has 0 aliphatic rings. The van der Waals surface area contributed by atoms with Gasteiger partial charge in [-0.2, -0.15) is 5.10 Å². The number of methoxy groups -OCH3 is 1. The van der Waals surface area contributed by atoms with Crippen molar-refractivity contribution in [3.8, 4) is 11.4 Å². The van der Waals surface area contributed by atoms with Gasteiger partial charge in [0.1, 0.15) is 5.75 Å². The molecule has 19 heavy (non-hydrogen) atoms. The standard InChI is InChI=1S/C14H16N2O3/c1-4-19-12-7-5-11(6-8-12)16-10(2)9-13(15-16)14(17)18-3/h5-9H,4H2,1-3H3. The quantitative estimate of drug-likeness (QED) is 0.792. The molecule has 0 unspecified atom stereocenters. The van der Waals surface area contributed by atoms with Gasteiger partial charge in [-0.15, -0.1) is 0 Å². The van der Waals surface area contributed by atoms with Crippen molar-refractivity contribution < 1.29 is 14.3 Å². The van der Waals surface area contributed by atoms with Crippen LogP contribution in [-0.2, 0) is 4.74 Å². The first-order valence-electron chi connectivity index (χ1n) is 6.04. The summed E-state index contributed by atoms with van der Waals surface area (Å²) < 4.78 is 11.7. The molecule has 0 radical (unpaired) electrons. The molecule has 0 saturated heterocycles. The van der Waals surface area contributed by atoms with Gasteiger partial charge < -0.3 is 9.47 Å². The van der Waals surface area contributed by atoms with E-state index in [0.717, 1.165) is 17.1 Å². The second-order valence-corrected chi connectivity index (χ2v) is 4.00. The van der Waals surface area contributed by atoms with Gasteiger partial charge >= 0.3 is 5.97 Å². The molecule has 0 atom stereocenters. The number of aromatic nitrogens is 2. The van der Waals surface area contributed by atoms with E-state index >= 15 is 0 Å². The monoisotopic (exact) mass is 260 g/mol. The van der Waals surface area contributed by atoms with Crippen LogP contribution in [0.25, 0.3) is 5.69 Å². The molecule has 0 aliphatic heterocycles. The summed E-state index contributed by atoms with van der Waals surface area (Å²) >= 11 is 0. The Labute approximate surface area is 111 Å². The lowest BCUT2D eigenvalue weighted by Crippen LogP contribution is -2.04. The van der Waals surface area contributed by atoms with Crippen LogP contribution in [0, 0.1) is 6.92 Å². The lowest BCUT2D eigenvalue weighted by atomic mass is 10.3. The molecule has 0 bridgehead atoms. The molecule has 0 aliphatic carbocycles. The number of hydrogen-bond donors (Lipinski definition) is 0. The summed E-state index contributed by atoms with van der Waals surface area (Å²) in [4.78, 5) is 11.4. The molecule has 1 aromatic carbocycles. The summed E-state index contributed by atoms with van der Waals surface area (Å²) in [5.41, 5.74) is 2.04. The van der Waals surface area contributed by atoms with Crippen LogP contribution in [0.4, 0.5) is 0 Å². The fourth-order valence-corrected chi connectivity index (χ4v) is 1.79. The number of carbonyl (C=O) groups excluding carboxylic acids is 1. The van der Waals surface area contributed by atoms with Crippen LogP contribution in [-0.4, -0.2) is 29.5 Å². The molecule has 0 spiro atoms. The average Bonchev–Trinajstić information content (AvgIpc) is 2.81. The summed E-state index contributed by atoms with van der Waals surface area (Å²) in [5, 5.41) is 4.23. The van der Waals surface area contributed by atoms with Crippen molar-refractivity contribution in [2.24, 2.45) is 0 Å². The molecule has 5 heteroatoms. The number of rotatable bonds is 4. The Balaban J connectivity index is 2.31. The lowest BCUT2D eigenvalue weighted by molar-refractivity contribution is 0.0593. The van der Waals surface area contributed by atoms with E-state index in [2.05, 4.69) is 9.84 Å². The number of hydrogen-bond acceptors (Lipinski definition) is 4. The predicted molar refractivity (Wildman–Crippen MR) is 70.8 cm³/mol. The van der Waals surface area contributed by atoms with Crippen molar-refractivity contribution in [3.63, 3.8) is 0 Å². The van der Waals surface area contributed by atoms with E-state index in [-0.39, 0.29) is 0 Å². The molecular formula is C14H16N2O3. The number of ether oxygens (including phenoxy) is 2. The third kappa shape index (κ3) is 2.76. The van der Waals surface area contributed by atoms with Crippen molar-refractivity contribution >= 4 is 5.97 Å². The van der Waals surface area contributed by atoms with Gasteiger partial charge in [0.2, 0.25) is 0 Å². The van der Waals surface area contributed by atoms with Crippen molar-refractivity contribution in [2.75, 3.05) is 13.7 Å². The zero-order valence-electron chi connectivity index (χ0n) is 11.2. The Bertz CT molecular complexity index is 573. The Morgan fingerprint density at radius 1 is 1.32 bits per heavy atom. The summed E-state index contributed by atoms with van der Waals surface area (Å²) in [6.45, 7) is 4.46. The molecule has 2 aromatic rings. The van der Waals surface area contributed by atoms with Gasteiger partial charge in [0.25, 0.3) is 0 Å². The lowest BCUT2D eigenvalue weighted by Gasteiger charge is -2.06. The van der Waals surface area contributed by atoms with E-state index in [1.807, 2.05) is 38.1 Å². The summed E-state index contributed by atoms with van der Waals surface area (Å²) in [6, 6.07) is 9.23. The highest BCUT2D eigenvalue weighted by Crippen LogP contribution is 2.17. The highest BCUT2D eigenvalue weighted by molar-refractivity contribution is 5.87. The Kier molecular flexibility index (Phi) is 3.85. The molecule has 100 valence electrons. The second-order valence-electron chi connectivity index (χ2n) is 4.00. The van der Waals surface area contributed by atoms with Crippen LogP contribution >= 0.6 is 0 Å². The smallest absolute Gasteiger partial charge is 0.358 e. The van der Waals surface area contributed by atoms with E-state index in [0.29, 0.717) is 12.3 Å². The largest absolute Gasteiger partial charge is 0.494 e. The molecule has 0 N–H and O–H groups in total. The number of benzene rings is 1. The van der Waals surface area contributed by atoms with Crippen molar-refractivity contribution in [3.05, 3.63) is 41.7 Å². The summed E-state index contributed by atoms with van der Waals surface area (Å²) in [7, 11) is 1.34. The van der Waals surface area contributed by atoms with Crippen LogP contribution in [0.1, 0.15) is 23.1 Å². The number of esters is 1. The van der Waals surface area contributed by atoms with Gasteiger partial charge in [0.05, 0.1) is 19.4 Å². The van der Waals surface area contributed by atoms with Crippen LogP contribution in [0.5, 0.6) is 5.75 Å². The van der Waals surface area contributed by atoms with E-state index < -0.39 is 5.97 Å². The fraction of sp³-hybridized carbons (Fsp3) is 0.286. The third-order valence-electron chi connectivity index (χ3n) is 2.67. The molecule has 0 saturated carbocycles. The Morgan fingerprint density at radius 3 is 2.58 bits per heavy atom. The summed E-state index contributed by atoms with van der Waals surface area (Å²) in [5.74, 6) is 0.372. The van der Waals surface area contributed by atoms with Crippen molar-refractivity contribution in [1.29, 1.82) is 0 Å². The molecular weight excluding hydrogens is 244 g/mol. The van der Waals surface area contributed by atoms with Gasteiger partial charge in [-0.25, -0.2) is 9.48 Å². The molecule has 0 amide bonds. The van der Waals surface area contributed by atoms with E-state index in [9.17, 15) is 4.79 Å². The van der Waals surface area contributed by atoms with Crippen LogP contribution in [0.3, 0.4) is 0 Å².